The van der Waals surface area contributed by atoms with E-state index in [1.165, 1.54) is 18.2 Å². The second kappa shape index (κ2) is 5.83. The Bertz CT molecular complexity index is 685. The van der Waals surface area contributed by atoms with Gasteiger partial charge in [0.05, 0.1) is 10.5 Å². The number of aryl methyl sites for hydroxylation is 1. The number of aldehydes is 1. The molecule has 0 spiro atoms. The van der Waals surface area contributed by atoms with E-state index in [9.17, 15) is 14.9 Å². The van der Waals surface area contributed by atoms with E-state index in [4.69, 9.17) is 4.74 Å². The standard InChI is InChI=1S/C14H10BrNO4/c1-9-6-11(15)2-5-14(9)20-12-3-4-13(16(18)19)10(7-12)8-17/h2-8H,1H3. The lowest BCUT2D eigenvalue weighted by Gasteiger charge is -2.09. The Morgan fingerprint density at radius 3 is 2.60 bits per heavy atom. The van der Waals surface area contributed by atoms with E-state index in [-0.39, 0.29) is 11.3 Å². The van der Waals surface area contributed by atoms with Crippen LogP contribution in [0.3, 0.4) is 0 Å². The SMILES string of the molecule is Cc1cc(Br)ccc1Oc1ccc([N+](=O)[O-])c(C=O)c1. The lowest BCUT2D eigenvalue weighted by molar-refractivity contribution is -0.385. The Hall–Kier alpha value is -2.21. The molecule has 0 N–H and O–H groups in total. The third-order valence-electron chi connectivity index (χ3n) is 2.69. The summed E-state index contributed by atoms with van der Waals surface area (Å²) < 4.78 is 6.57. The molecule has 0 amide bonds. The third-order valence-corrected chi connectivity index (χ3v) is 3.18. The lowest BCUT2D eigenvalue weighted by atomic mass is 10.2. The maximum absolute atomic E-state index is 10.9. The molecule has 0 heterocycles. The van der Waals surface area contributed by atoms with Gasteiger partial charge in [0.15, 0.2) is 6.29 Å². The van der Waals surface area contributed by atoms with Gasteiger partial charge in [-0.25, -0.2) is 0 Å². The summed E-state index contributed by atoms with van der Waals surface area (Å²) in [6.07, 6.45) is 0.444. The van der Waals surface area contributed by atoms with Gasteiger partial charge in [-0.15, -0.1) is 0 Å². The van der Waals surface area contributed by atoms with Crippen molar-refractivity contribution in [3.8, 4) is 11.5 Å². The van der Waals surface area contributed by atoms with Crippen molar-refractivity contribution in [1.82, 2.24) is 0 Å². The van der Waals surface area contributed by atoms with Crippen LogP contribution < -0.4 is 4.74 Å². The van der Waals surface area contributed by atoms with E-state index in [0.717, 1.165) is 10.0 Å². The zero-order chi connectivity index (χ0) is 14.7. The van der Waals surface area contributed by atoms with Gasteiger partial charge in [0.2, 0.25) is 0 Å². The first-order valence-electron chi connectivity index (χ1n) is 5.69. The first-order valence-corrected chi connectivity index (χ1v) is 6.48. The van der Waals surface area contributed by atoms with Crippen molar-refractivity contribution in [2.75, 3.05) is 0 Å². The molecule has 2 aromatic rings. The average Bonchev–Trinajstić information content (AvgIpc) is 2.41. The molecular weight excluding hydrogens is 326 g/mol. The molecule has 0 atom stereocenters. The van der Waals surface area contributed by atoms with Crippen LogP contribution in [0.5, 0.6) is 11.5 Å². The minimum Gasteiger partial charge on any atom is -0.457 e. The van der Waals surface area contributed by atoms with Crippen LogP contribution in [-0.2, 0) is 0 Å². The van der Waals surface area contributed by atoms with Crippen molar-refractivity contribution in [2.45, 2.75) is 6.92 Å². The van der Waals surface area contributed by atoms with E-state index < -0.39 is 4.92 Å². The number of hydrogen-bond donors (Lipinski definition) is 0. The van der Waals surface area contributed by atoms with E-state index >= 15 is 0 Å². The summed E-state index contributed by atoms with van der Waals surface area (Å²) in [4.78, 5) is 21.0. The number of benzene rings is 2. The highest BCUT2D eigenvalue weighted by atomic mass is 79.9. The van der Waals surface area contributed by atoms with Gasteiger partial charge in [-0.05, 0) is 42.8 Å². The zero-order valence-electron chi connectivity index (χ0n) is 10.5. The fourth-order valence-electron chi connectivity index (χ4n) is 1.71. The zero-order valence-corrected chi connectivity index (χ0v) is 12.1. The molecule has 5 nitrogen and oxygen atoms in total. The van der Waals surface area contributed by atoms with E-state index in [1.54, 1.807) is 6.07 Å². The van der Waals surface area contributed by atoms with Gasteiger partial charge in [0.25, 0.3) is 5.69 Å². The Labute approximate surface area is 123 Å². The number of rotatable bonds is 4. The monoisotopic (exact) mass is 335 g/mol. The van der Waals surface area contributed by atoms with Crippen LogP contribution in [0.2, 0.25) is 0 Å². The van der Waals surface area contributed by atoms with Crippen LogP contribution in [0.25, 0.3) is 0 Å². The Morgan fingerprint density at radius 2 is 2.00 bits per heavy atom. The largest absolute Gasteiger partial charge is 0.457 e. The van der Waals surface area contributed by atoms with Crippen LogP contribution in [0, 0.1) is 17.0 Å². The molecule has 20 heavy (non-hydrogen) atoms. The maximum atomic E-state index is 10.9. The Kier molecular flexibility index (Phi) is 4.14. The molecule has 0 saturated heterocycles. The number of halogens is 1. The highest BCUT2D eigenvalue weighted by Crippen LogP contribution is 2.30. The number of hydrogen-bond acceptors (Lipinski definition) is 4. The van der Waals surface area contributed by atoms with Gasteiger partial charge >= 0.3 is 0 Å². The summed E-state index contributed by atoms with van der Waals surface area (Å²) in [5.74, 6) is 1.00. The van der Waals surface area contributed by atoms with Crippen molar-refractivity contribution >= 4 is 27.9 Å². The van der Waals surface area contributed by atoms with Gasteiger partial charge in [-0.1, -0.05) is 15.9 Å². The van der Waals surface area contributed by atoms with Gasteiger partial charge in [0.1, 0.15) is 11.5 Å². The number of carbonyl (C=O) groups is 1. The first kappa shape index (κ1) is 14.2. The highest BCUT2D eigenvalue weighted by molar-refractivity contribution is 9.10. The quantitative estimate of drug-likeness (QED) is 0.475. The third kappa shape index (κ3) is 3.03. The van der Waals surface area contributed by atoms with E-state index in [0.29, 0.717) is 17.8 Å². The molecule has 0 aliphatic carbocycles. The van der Waals surface area contributed by atoms with Crippen LogP contribution in [0.1, 0.15) is 15.9 Å². The van der Waals surface area contributed by atoms with Gasteiger partial charge < -0.3 is 4.74 Å². The summed E-state index contributed by atoms with van der Waals surface area (Å²) in [5, 5.41) is 10.7. The molecule has 2 aromatic carbocycles. The number of carbonyl (C=O) groups excluding carboxylic acids is 1. The number of nitro benzene ring substituents is 1. The van der Waals surface area contributed by atoms with Gasteiger partial charge in [0, 0.05) is 10.5 Å². The summed E-state index contributed by atoms with van der Waals surface area (Å²) in [7, 11) is 0. The van der Waals surface area contributed by atoms with Crippen molar-refractivity contribution in [3.05, 3.63) is 62.1 Å². The second-order valence-electron chi connectivity index (χ2n) is 4.11. The molecule has 2 rings (SSSR count). The fraction of sp³-hybridized carbons (Fsp3) is 0.0714. The normalized spacial score (nSPS) is 10.1. The summed E-state index contributed by atoms with van der Waals surface area (Å²) in [6, 6.07) is 9.57. The van der Waals surface area contributed by atoms with Gasteiger partial charge in [-0.2, -0.15) is 0 Å². The van der Waals surface area contributed by atoms with Gasteiger partial charge in [-0.3, -0.25) is 14.9 Å². The molecule has 0 saturated carbocycles. The smallest absolute Gasteiger partial charge is 0.280 e. The van der Waals surface area contributed by atoms with E-state index in [2.05, 4.69) is 15.9 Å². The molecule has 0 fully saturated rings. The van der Waals surface area contributed by atoms with Crippen molar-refractivity contribution in [3.63, 3.8) is 0 Å². The molecule has 0 aliphatic heterocycles. The molecule has 0 radical (unpaired) electrons. The Balaban J connectivity index is 2.34. The second-order valence-corrected chi connectivity index (χ2v) is 5.02. The molecule has 0 bridgehead atoms. The minimum absolute atomic E-state index is 0.0118. The number of nitrogens with zero attached hydrogens (tertiary/aromatic N) is 1. The first-order chi connectivity index (χ1) is 9.51. The van der Waals surface area contributed by atoms with Crippen molar-refractivity contribution in [2.24, 2.45) is 0 Å². The molecular formula is C14H10BrNO4. The predicted octanol–water partition coefficient (Wildman–Crippen LogP) is 4.27. The number of ether oxygens (including phenoxy) is 1. The fourth-order valence-corrected chi connectivity index (χ4v) is 2.19. The molecule has 102 valence electrons. The Morgan fingerprint density at radius 1 is 1.25 bits per heavy atom. The lowest BCUT2D eigenvalue weighted by Crippen LogP contribution is -1.95. The van der Waals surface area contributed by atoms with Crippen LogP contribution in [-0.4, -0.2) is 11.2 Å². The van der Waals surface area contributed by atoms with Crippen molar-refractivity contribution < 1.29 is 14.5 Å². The summed E-state index contributed by atoms with van der Waals surface area (Å²) in [5.41, 5.74) is 0.660. The van der Waals surface area contributed by atoms with E-state index in [1.807, 2.05) is 19.1 Å². The molecule has 0 unspecified atom stereocenters. The van der Waals surface area contributed by atoms with Crippen LogP contribution in [0.4, 0.5) is 5.69 Å². The predicted molar refractivity (Wildman–Crippen MR) is 77.4 cm³/mol. The maximum Gasteiger partial charge on any atom is 0.280 e. The summed E-state index contributed by atoms with van der Waals surface area (Å²) in [6.45, 7) is 1.88. The minimum atomic E-state index is -0.599. The van der Waals surface area contributed by atoms with Crippen LogP contribution in [0.15, 0.2) is 40.9 Å². The highest BCUT2D eigenvalue weighted by Gasteiger charge is 2.14. The molecule has 0 aliphatic rings. The van der Waals surface area contributed by atoms with Crippen molar-refractivity contribution in [1.29, 1.82) is 0 Å². The molecule has 6 heteroatoms. The average molecular weight is 336 g/mol. The van der Waals surface area contributed by atoms with Crippen LogP contribution >= 0.6 is 15.9 Å². The topological polar surface area (TPSA) is 69.4 Å². The number of nitro groups is 1. The summed E-state index contributed by atoms with van der Waals surface area (Å²) >= 11 is 3.35. The molecule has 0 aromatic heterocycles.